The highest BCUT2D eigenvalue weighted by Crippen LogP contribution is 2.40. The van der Waals surface area contributed by atoms with Crippen LogP contribution in [0.1, 0.15) is 60.8 Å². The lowest BCUT2D eigenvalue weighted by Crippen LogP contribution is -2.52. The van der Waals surface area contributed by atoms with Gasteiger partial charge in [0.05, 0.1) is 29.4 Å². The molecule has 0 saturated carbocycles. The molecule has 18 nitrogen and oxygen atoms in total. The summed E-state index contributed by atoms with van der Waals surface area (Å²) in [7, 11) is -8.41. The van der Waals surface area contributed by atoms with Gasteiger partial charge < -0.3 is 9.80 Å². The Balaban J connectivity index is 1.13. The Labute approximate surface area is 379 Å². The van der Waals surface area contributed by atoms with Gasteiger partial charge in [0.25, 0.3) is 43.2 Å². The van der Waals surface area contributed by atoms with Crippen molar-refractivity contribution in [3.63, 3.8) is 0 Å². The van der Waals surface area contributed by atoms with E-state index < -0.39 is 77.0 Å². The first kappa shape index (κ1) is 47.8. The maximum atomic E-state index is 13.4. The van der Waals surface area contributed by atoms with Gasteiger partial charge in [-0.1, -0.05) is 59.3 Å². The fourth-order valence-electron chi connectivity index (χ4n) is 7.27. The molecule has 2 heterocycles. The minimum atomic E-state index is -4.21. The van der Waals surface area contributed by atoms with Gasteiger partial charge in [-0.2, -0.15) is 0 Å². The lowest BCUT2D eigenvalue weighted by Gasteiger charge is -2.33. The van der Waals surface area contributed by atoms with E-state index in [2.05, 4.69) is 9.44 Å². The van der Waals surface area contributed by atoms with E-state index in [0.29, 0.717) is 25.7 Å². The summed E-state index contributed by atoms with van der Waals surface area (Å²) >= 11 is 0.754. The van der Waals surface area contributed by atoms with Gasteiger partial charge in [0.2, 0.25) is 11.8 Å². The zero-order valence-corrected chi connectivity index (χ0v) is 37.6. The average molecular weight is 945 g/mol. The summed E-state index contributed by atoms with van der Waals surface area (Å²) in [4.78, 5) is 78.6. The quantitative estimate of drug-likeness (QED) is 0.0828. The van der Waals surface area contributed by atoms with Gasteiger partial charge in [0, 0.05) is 37.4 Å². The third-order valence-corrected chi connectivity index (χ3v) is 14.6. The number of nitro benzene ring substituents is 2. The van der Waals surface area contributed by atoms with E-state index in [9.17, 15) is 56.2 Å². The Kier molecular flexibility index (Phi) is 15.0. The average Bonchev–Trinajstić information content (AvgIpc) is 3.27. The highest BCUT2D eigenvalue weighted by atomic mass is 32.2. The highest BCUT2D eigenvalue weighted by molar-refractivity contribution is 7.99. The number of nitro groups is 2. The van der Waals surface area contributed by atoms with Crippen molar-refractivity contribution in [2.24, 2.45) is 0 Å². The molecular formula is C44H44N6O12S3. The molecule has 2 N–H and O–H groups in total. The summed E-state index contributed by atoms with van der Waals surface area (Å²) in [5.41, 5.74) is 1.28. The fourth-order valence-corrected chi connectivity index (χ4v) is 10.3. The molecule has 21 heteroatoms. The van der Waals surface area contributed by atoms with Gasteiger partial charge in [-0.3, -0.25) is 39.4 Å². The maximum absolute atomic E-state index is 13.4. The Morgan fingerprint density at radius 3 is 1.32 bits per heavy atom. The number of rotatable bonds is 14. The van der Waals surface area contributed by atoms with Crippen molar-refractivity contribution in [3.05, 3.63) is 140 Å². The number of amides is 4. The second-order valence-electron chi connectivity index (χ2n) is 15.4. The molecule has 2 fully saturated rings. The number of hydrogen-bond acceptors (Lipinski definition) is 13. The Bertz CT molecular complexity index is 2620. The van der Waals surface area contributed by atoms with Crippen LogP contribution in [0.4, 0.5) is 11.4 Å². The molecule has 0 bridgehead atoms. The Hall–Kier alpha value is -6.71. The number of sulfonamides is 2. The highest BCUT2D eigenvalue weighted by Gasteiger charge is 2.35. The molecule has 65 heavy (non-hydrogen) atoms. The minimum Gasteiger partial charge on any atom is -0.327 e. The molecule has 2 aliphatic rings. The van der Waals surface area contributed by atoms with Crippen molar-refractivity contribution in [1.29, 1.82) is 0 Å². The van der Waals surface area contributed by atoms with Gasteiger partial charge in [-0.15, -0.1) is 0 Å². The van der Waals surface area contributed by atoms with Crippen LogP contribution in [0.15, 0.2) is 117 Å². The number of nitrogens with zero attached hydrogens (tertiary/aromatic N) is 4. The molecule has 4 aromatic carbocycles. The van der Waals surface area contributed by atoms with E-state index in [1.807, 2.05) is 0 Å². The molecule has 2 unspecified atom stereocenters. The zero-order valence-electron chi connectivity index (χ0n) is 35.1. The van der Waals surface area contributed by atoms with E-state index in [4.69, 9.17) is 0 Å². The Morgan fingerprint density at radius 1 is 0.600 bits per heavy atom. The van der Waals surface area contributed by atoms with E-state index in [1.54, 1.807) is 38.1 Å². The van der Waals surface area contributed by atoms with Crippen molar-refractivity contribution in [3.8, 4) is 0 Å². The fraction of sp³-hybridized carbons (Fsp3) is 0.273. The molecule has 340 valence electrons. The third kappa shape index (κ3) is 11.9. The second kappa shape index (κ2) is 20.4. The van der Waals surface area contributed by atoms with Crippen LogP contribution in [0.5, 0.6) is 0 Å². The number of carbonyl (C=O) groups excluding carboxylic acids is 4. The smallest absolute Gasteiger partial charge is 0.283 e. The Morgan fingerprint density at radius 2 is 0.969 bits per heavy atom. The van der Waals surface area contributed by atoms with E-state index in [1.165, 1.54) is 82.6 Å². The van der Waals surface area contributed by atoms with Crippen LogP contribution < -0.4 is 9.44 Å². The van der Waals surface area contributed by atoms with Crippen molar-refractivity contribution in [2.75, 3.05) is 13.1 Å². The standard InChI is InChI=1S/C44H44N6O12S3/c1-29-9-17-33(18-10-29)64(59,60)45-43(53)35-7-3-5-25-47(35)41(51)23-15-31-13-21-39(37(27-31)49(55)56)63-40-22-14-32(28-38(40)50(57)58)16-24-42(52)48-26-6-4-8-36(48)44(54)46-65(61,62)34-19-11-30(2)12-20-34/h9-24,27-28,35-36H,3-8,25-26H2,1-2H3,(H,45,53)(H,46,54)/b23-15+,24-16+. The number of likely N-dealkylation sites (tertiary alicyclic amines) is 2. The van der Waals surface area contributed by atoms with Crippen LogP contribution in [0.3, 0.4) is 0 Å². The molecule has 2 aliphatic heterocycles. The number of hydrogen-bond donors (Lipinski definition) is 2. The number of nitrogens with one attached hydrogen (secondary N) is 2. The largest absolute Gasteiger partial charge is 0.327 e. The molecule has 0 spiro atoms. The van der Waals surface area contributed by atoms with Crippen molar-refractivity contribution in [1.82, 2.24) is 19.2 Å². The van der Waals surface area contributed by atoms with Crippen LogP contribution >= 0.6 is 11.8 Å². The van der Waals surface area contributed by atoms with E-state index in [-0.39, 0.29) is 56.6 Å². The number of piperidine rings is 2. The molecular weight excluding hydrogens is 901 g/mol. The maximum Gasteiger partial charge on any atom is 0.283 e. The predicted octanol–water partition coefficient (Wildman–Crippen LogP) is 6.07. The number of benzene rings is 4. The summed E-state index contributed by atoms with van der Waals surface area (Å²) in [6.07, 6.45) is 7.61. The number of aryl methyl sites for hydroxylation is 2. The molecule has 2 atom stereocenters. The lowest BCUT2D eigenvalue weighted by atomic mass is 10.0. The van der Waals surface area contributed by atoms with Gasteiger partial charge in [0.15, 0.2) is 0 Å². The first-order chi connectivity index (χ1) is 30.8. The molecule has 0 aliphatic carbocycles. The molecule has 6 rings (SSSR count). The minimum absolute atomic E-state index is 0.0430. The van der Waals surface area contributed by atoms with Crippen LogP contribution in [-0.2, 0) is 39.2 Å². The normalized spacial score (nSPS) is 16.9. The van der Waals surface area contributed by atoms with Crippen LogP contribution in [0.2, 0.25) is 0 Å². The van der Waals surface area contributed by atoms with Crippen molar-refractivity contribution >= 4 is 79.0 Å². The van der Waals surface area contributed by atoms with Crippen LogP contribution in [-0.4, -0.2) is 85.3 Å². The SMILES string of the molecule is Cc1ccc(S(=O)(=O)NC(=O)C2CCCCN2C(=O)/C=C/c2ccc(Sc3ccc(/C=C/C(=O)N4CCCCC4C(=O)NS(=O)(=O)c4ccc(C)cc4)cc3[N+](=O)[O-])c([N+](=O)[O-])c2)cc1. The zero-order chi connectivity index (χ0) is 47.1. The van der Waals surface area contributed by atoms with Crippen LogP contribution in [0.25, 0.3) is 12.2 Å². The summed E-state index contributed by atoms with van der Waals surface area (Å²) in [6, 6.07) is 17.7. The first-order valence-corrected chi connectivity index (χ1v) is 24.1. The van der Waals surface area contributed by atoms with Crippen molar-refractivity contribution < 1.29 is 45.9 Å². The first-order valence-electron chi connectivity index (χ1n) is 20.3. The summed E-state index contributed by atoms with van der Waals surface area (Å²) < 4.78 is 55.7. The van der Waals surface area contributed by atoms with E-state index in [0.717, 1.165) is 35.0 Å². The summed E-state index contributed by atoms with van der Waals surface area (Å²) in [6.45, 7) is 3.92. The molecule has 0 radical (unpaired) electrons. The monoisotopic (exact) mass is 944 g/mol. The third-order valence-electron chi connectivity index (χ3n) is 10.7. The molecule has 4 aromatic rings. The van der Waals surface area contributed by atoms with Gasteiger partial charge >= 0.3 is 0 Å². The topological polar surface area (TPSA) is 253 Å². The molecule has 4 amide bonds. The molecule has 2 saturated heterocycles. The molecule has 0 aromatic heterocycles. The summed E-state index contributed by atoms with van der Waals surface area (Å²) in [5, 5.41) is 24.5. The van der Waals surface area contributed by atoms with E-state index >= 15 is 0 Å². The van der Waals surface area contributed by atoms with Crippen LogP contribution in [0, 0.1) is 34.1 Å². The summed E-state index contributed by atoms with van der Waals surface area (Å²) in [5.74, 6) is -2.95. The predicted molar refractivity (Wildman–Crippen MR) is 240 cm³/mol. The lowest BCUT2D eigenvalue weighted by molar-refractivity contribution is -0.388. The number of carbonyl (C=O) groups is 4. The second-order valence-corrected chi connectivity index (χ2v) is 19.8. The van der Waals surface area contributed by atoms with Gasteiger partial charge in [-0.25, -0.2) is 26.3 Å². The van der Waals surface area contributed by atoms with Gasteiger partial charge in [0.1, 0.15) is 12.1 Å². The van der Waals surface area contributed by atoms with Gasteiger partial charge in [-0.05, 0) is 112 Å². The van der Waals surface area contributed by atoms with Crippen molar-refractivity contribution in [2.45, 2.75) is 84.0 Å².